The third kappa shape index (κ3) is 3.56. The second-order valence-electron chi connectivity index (χ2n) is 7.80. The molecule has 1 atom stereocenters. The van der Waals surface area contributed by atoms with Crippen LogP contribution in [0.15, 0.2) is 30.3 Å². The first-order valence-electron chi connectivity index (χ1n) is 9.75. The Morgan fingerprint density at radius 3 is 2.48 bits per heavy atom. The molecule has 0 aromatic heterocycles. The van der Waals surface area contributed by atoms with E-state index in [-0.39, 0.29) is 23.8 Å². The second-order valence-corrected chi connectivity index (χ2v) is 7.80. The van der Waals surface area contributed by atoms with E-state index in [1.807, 2.05) is 18.2 Å². The quantitative estimate of drug-likeness (QED) is 0.761. The normalized spacial score (nSPS) is 25.1. The molecule has 4 rings (SSSR count). The molecule has 3 heterocycles. The van der Waals surface area contributed by atoms with Crippen LogP contribution in [0.3, 0.4) is 0 Å². The standard InChI is InChI=1S/C20H26N4O3/c25-17-16(6-10-21-17)7-11-24-18(26)20(22-19(24)27)8-12-23(13-9-20)14-15-4-2-1-3-5-15/h1-5,16H,6-14H2,(H,21,25)(H,22,27). The highest BCUT2D eigenvalue weighted by Crippen LogP contribution is 2.30. The lowest BCUT2D eigenvalue weighted by Crippen LogP contribution is -2.54. The molecule has 0 aliphatic carbocycles. The number of benzene rings is 1. The molecule has 7 heteroatoms. The van der Waals surface area contributed by atoms with E-state index in [0.29, 0.717) is 32.4 Å². The van der Waals surface area contributed by atoms with Gasteiger partial charge in [-0.15, -0.1) is 0 Å². The van der Waals surface area contributed by atoms with Crippen LogP contribution >= 0.6 is 0 Å². The van der Waals surface area contributed by atoms with Gasteiger partial charge >= 0.3 is 6.03 Å². The Balaban J connectivity index is 1.33. The van der Waals surface area contributed by atoms with E-state index in [0.717, 1.165) is 26.1 Å². The van der Waals surface area contributed by atoms with Crippen LogP contribution in [0.4, 0.5) is 4.79 Å². The van der Waals surface area contributed by atoms with Crippen LogP contribution in [0.2, 0.25) is 0 Å². The molecule has 1 aromatic rings. The van der Waals surface area contributed by atoms with E-state index >= 15 is 0 Å². The average molecular weight is 370 g/mol. The molecule has 1 spiro atoms. The van der Waals surface area contributed by atoms with Crippen molar-refractivity contribution in [1.82, 2.24) is 20.4 Å². The van der Waals surface area contributed by atoms with Crippen molar-refractivity contribution in [1.29, 1.82) is 0 Å². The van der Waals surface area contributed by atoms with E-state index in [9.17, 15) is 14.4 Å². The SMILES string of the molecule is O=C1NCCC1CCN1C(=O)NC2(CCN(Cc3ccccc3)CC2)C1=O. The van der Waals surface area contributed by atoms with Crippen molar-refractivity contribution in [2.75, 3.05) is 26.2 Å². The van der Waals surface area contributed by atoms with Gasteiger partial charge in [-0.3, -0.25) is 19.4 Å². The molecule has 0 saturated carbocycles. The molecule has 0 bridgehead atoms. The van der Waals surface area contributed by atoms with Crippen LogP contribution in [-0.2, 0) is 16.1 Å². The molecule has 1 unspecified atom stereocenters. The van der Waals surface area contributed by atoms with Crippen LogP contribution in [0.5, 0.6) is 0 Å². The highest BCUT2D eigenvalue weighted by atomic mass is 16.2. The number of carbonyl (C=O) groups is 3. The van der Waals surface area contributed by atoms with Gasteiger partial charge < -0.3 is 10.6 Å². The number of imide groups is 1. The maximum Gasteiger partial charge on any atom is 0.325 e. The largest absolute Gasteiger partial charge is 0.356 e. The topological polar surface area (TPSA) is 81.8 Å². The fraction of sp³-hybridized carbons (Fsp3) is 0.550. The number of carbonyl (C=O) groups excluding carboxylic acids is 3. The van der Waals surface area contributed by atoms with Gasteiger partial charge in [0.25, 0.3) is 5.91 Å². The first kappa shape index (κ1) is 18.0. The van der Waals surface area contributed by atoms with Gasteiger partial charge in [0.05, 0.1) is 0 Å². The summed E-state index contributed by atoms with van der Waals surface area (Å²) < 4.78 is 0. The lowest BCUT2D eigenvalue weighted by Gasteiger charge is -2.37. The van der Waals surface area contributed by atoms with Crippen molar-refractivity contribution in [3.05, 3.63) is 35.9 Å². The van der Waals surface area contributed by atoms with Gasteiger partial charge in [-0.05, 0) is 31.2 Å². The van der Waals surface area contributed by atoms with E-state index < -0.39 is 5.54 Å². The van der Waals surface area contributed by atoms with Crippen molar-refractivity contribution in [3.63, 3.8) is 0 Å². The number of nitrogens with one attached hydrogen (secondary N) is 2. The first-order chi connectivity index (χ1) is 13.1. The zero-order valence-electron chi connectivity index (χ0n) is 15.4. The Morgan fingerprint density at radius 2 is 1.81 bits per heavy atom. The Morgan fingerprint density at radius 1 is 1.07 bits per heavy atom. The van der Waals surface area contributed by atoms with E-state index in [1.54, 1.807) is 0 Å². The van der Waals surface area contributed by atoms with Crippen LogP contribution in [0, 0.1) is 5.92 Å². The Kier molecular flexibility index (Phi) is 4.86. The maximum absolute atomic E-state index is 13.0. The van der Waals surface area contributed by atoms with Gasteiger partial charge in [0.2, 0.25) is 5.91 Å². The van der Waals surface area contributed by atoms with Crippen LogP contribution in [0.1, 0.15) is 31.2 Å². The zero-order chi connectivity index (χ0) is 18.9. The number of piperidine rings is 1. The average Bonchev–Trinajstić information content (AvgIpc) is 3.18. The number of nitrogens with zero attached hydrogens (tertiary/aromatic N) is 2. The summed E-state index contributed by atoms with van der Waals surface area (Å²) in [5, 5.41) is 5.75. The van der Waals surface area contributed by atoms with Gasteiger partial charge in [0.1, 0.15) is 5.54 Å². The minimum Gasteiger partial charge on any atom is -0.356 e. The Labute approximate surface area is 159 Å². The maximum atomic E-state index is 13.0. The Hall–Kier alpha value is -2.41. The number of rotatable bonds is 5. The van der Waals surface area contributed by atoms with Gasteiger partial charge in [-0.1, -0.05) is 30.3 Å². The van der Waals surface area contributed by atoms with Crippen LogP contribution in [0.25, 0.3) is 0 Å². The van der Waals surface area contributed by atoms with Gasteiger partial charge in [-0.2, -0.15) is 0 Å². The monoisotopic (exact) mass is 370 g/mol. The van der Waals surface area contributed by atoms with E-state index in [1.165, 1.54) is 10.5 Å². The summed E-state index contributed by atoms with van der Waals surface area (Å²) in [4.78, 5) is 40.7. The van der Waals surface area contributed by atoms with Crippen LogP contribution in [-0.4, -0.2) is 59.4 Å². The summed E-state index contributed by atoms with van der Waals surface area (Å²) >= 11 is 0. The van der Waals surface area contributed by atoms with Gasteiger partial charge in [0, 0.05) is 38.6 Å². The van der Waals surface area contributed by atoms with Crippen LogP contribution < -0.4 is 10.6 Å². The number of urea groups is 1. The first-order valence-corrected chi connectivity index (χ1v) is 9.75. The highest BCUT2D eigenvalue weighted by molar-refractivity contribution is 6.07. The molecule has 3 fully saturated rings. The summed E-state index contributed by atoms with van der Waals surface area (Å²) in [6.07, 6.45) is 2.58. The third-order valence-electron chi connectivity index (χ3n) is 6.07. The minimum atomic E-state index is -0.762. The summed E-state index contributed by atoms with van der Waals surface area (Å²) in [7, 11) is 0. The predicted molar refractivity (Wildman–Crippen MR) is 99.7 cm³/mol. The van der Waals surface area contributed by atoms with Crippen molar-refractivity contribution < 1.29 is 14.4 Å². The summed E-state index contributed by atoms with van der Waals surface area (Å²) in [6.45, 7) is 3.42. The molecule has 7 nitrogen and oxygen atoms in total. The molecule has 27 heavy (non-hydrogen) atoms. The number of amides is 4. The number of hydrogen-bond acceptors (Lipinski definition) is 4. The lowest BCUT2D eigenvalue weighted by atomic mass is 9.87. The summed E-state index contributed by atoms with van der Waals surface area (Å²) in [5.41, 5.74) is 0.495. The Bertz CT molecular complexity index is 728. The molecule has 3 aliphatic rings. The molecule has 144 valence electrons. The summed E-state index contributed by atoms with van der Waals surface area (Å²) in [6, 6.07) is 9.97. The number of hydrogen-bond donors (Lipinski definition) is 2. The summed E-state index contributed by atoms with van der Waals surface area (Å²) in [5.74, 6) is -0.175. The van der Waals surface area contributed by atoms with E-state index in [2.05, 4.69) is 27.7 Å². The predicted octanol–water partition coefficient (Wildman–Crippen LogP) is 1.10. The fourth-order valence-electron chi connectivity index (χ4n) is 4.36. The van der Waals surface area contributed by atoms with Gasteiger partial charge in [-0.25, -0.2) is 4.79 Å². The molecule has 1 aromatic carbocycles. The molecule has 4 amide bonds. The smallest absolute Gasteiger partial charge is 0.325 e. The molecular formula is C20H26N4O3. The molecule has 3 saturated heterocycles. The minimum absolute atomic E-state index is 0.0333. The highest BCUT2D eigenvalue weighted by Gasteiger charge is 2.52. The van der Waals surface area contributed by atoms with Crippen molar-refractivity contribution in [2.24, 2.45) is 5.92 Å². The molecular weight excluding hydrogens is 344 g/mol. The van der Waals surface area contributed by atoms with E-state index in [4.69, 9.17) is 0 Å². The lowest BCUT2D eigenvalue weighted by molar-refractivity contribution is -0.133. The molecule has 3 aliphatic heterocycles. The van der Waals surface area contributed by atoms with Crippen molar-refractivity contribution in [2.45, 2.75) is 37.8 Å². The number of likely N-dealkylation sites (tertiary alicyclic amines) is 1. The van der Waals surface area contributed by atoms with Crippen molar-refractivity contribution in [3.8, 4) is 0 Å². The molecule has 2 N–H and O–H groups in total. The van der Waals surface area contributed by atoms with Crippen molar-refractivity contribution >= 4 is 17.8 Å². The molecule has 0 radical (unpaired) electrons. The van der Waals surface area contributed by atoms with Gasteiger partial charge in [0.15, 0.2) is 0 Å². The second kappa shape index (κ2) is 7.31. The third-order valence-corrected chi connectivity index (χ3v) is 6.07. The fourth-order valence-corrected chi connectivity index (χ4v) is 4.36. The zero-order valence-corrected chi connectivity index (χ0v) is 15.4.